The van der Waals surface area contributed by atoms with E-state index in [-0.39, 0.29) is 17.3 Å². The van der Waals surface area contributed by atoms with Gasteiger partial charge in [-0.05, 0) is 0 Å². The van der Waals surface area contributed by atoms with Gasteiger partial charge in [0.05, 0.1) is 5.75 Å². The van der Waals surface area contributed by atoms with Gasteiger partial charge in [0.2, 0.25) is 0 Å². The van der Waals surface area contributed by atoms with E-state index in [1.54, 1.807) is 0 Å². The van der Waals surface area contributed by atoms with Gasteiger partial charge in [0, 0.05) is 19.0 Å². The molecule has 0 radical (unpaired) electrons. The Hall–Kier alpha value is -1.08. The molecule has 0 aliphatic rings. The summed E-state index contributed by atoms with van der Waals surface area (Å²) in [6, 6.07) is 0. The zero-order valence-electron chi connectivity index (χ0n) is 7.86. The molecule has 1 rings (SSSR count). The van der Waals surface area contributed by atoms with E-state index in [2.05, 4.69) is 0 Å². The molecule has 0 aliphatic carbocycles. The van der Waals surface area contributed by atoms with Gasteiger partial charge in [-0.1, -0.05) is 11.6 Å². The molecule has 8 heteroatoms. The average molecular weight is 253 g/mol. The minimum absolute atomic E-state index is 0.0336. The van der Waals surface area contributed by atoms with Gasteiger partial charge in [-0.15, -0.1) is 0 Å². The van der Waals surface area contributed by atoms with Crippen LogP contribution in [-0.2, 0) is 16.4 Å². The van der Waals surface area contributed by atoms with Gasteiger partial charge in [-0.25, -0.2) is 13.2 Å². The van der Waals surface area contributed by atoms with Gasteiger partial charge in [-0.2, -0.15) is 0 Å². The maximum Gasteiger partial charge on any atom is 0.328 e. The fraction of sp³-hybridized carbons (Fsp3) is 0.429. The van der Waals surface area contributed by atoms with E-state index in [0.29, 0.717) is 0 Å². The highest BCUT2D eigenvalue weighted by Crippen LogP contribution is 1.96. The zero-order valence-corrected chi connectivity index (χ0v) is 9.43. The molecule has 0 amide bonds. The van der Waals surface area contributed by atoms with Crippen LogP contribution in [0, 0.1) is 0 Å². The number of nitrogens with zero attached hydrogens (tertiary/aromatic N) is 1. The molecular formula is C7H9ClN2O4S. The maximum atomic E-state index is 11.2. The minimum atomic E-state index is -3.16. The van der Waals surface area contributed by atoms with Crippen LogP contribution in [0.15, 0.2) is 15.8 Å². The highest BCUT2D eigenvalue weighted by molar-refractivity contribution is 7.90. The van der Waals surface area contributed by atoms with Gasteiger partial charge in [0.1, 0.15) is 14.9 Å². The Kier molecular flexibility index (Phi) is 3.35. The normalized spacial score (nSPS) is 11.6. The van der Waals surface area contributed by atoms with E-state index in [4.69, 9.17) is 11.6 Å². The van der Waals surface area contributed by atoms with Crippen molar-refractivity contribution in [1.82, 2.24) is 9.55 Å². The molecule has 15 heavy (non-hydrogen) atoms. The lowest BCUT2D eigenvalue weighted by molar-refractivity contribution is 0.591. The first-order valence-corrected chi connectivity index (χ1v) is 6.40. The van der Waals surface area contributed by atoms with Crippen molar-refractivity contribution >= 4 is 21.4 Å². The number of aryl methyl sites for hydroxylation is 1. The van der Waals surface area contributed by atoms with Crippen molar-refractivity contribution in [2.75, 3.05) is 12.0 Å². The Balaban J connectivity index is 3.02. The summed E-state index contributed by atoms with van der Waals surface area (Å²) in [5, 5.41) is -0.150. The topological polar surface area (TPSA) is 89.0 Å². The van der Waals surface area contributed by atoms with E-state index in [0.717, 1.165) is 17.0 Å². The van der Waals surface area contributed by atoms with Crippen LogP contribution < -0.4 is 11.2 Å². The predicted molar refractivity (Wildman–Crippen MR) is 56.0 cm³/mol. The van der Waals surface area contributed by atoms with Crippen molar-refractivity contribution < 1.29 is 8.42 Å². The number of rotatable bonds is 3. The molecule has 0 aliphatic heterocycles. The Labute approximate surface area is 90.4 Å². The van der Waals surface area contributed by atoms with Crippen LogP contribution in [-0.4, -0.2) is 30.0 Å². The summed E-state index contributed by atoms with van der Waals surface area (Å²) in [7, 11) is -3.16. The van der Waals surface area contributed by atoms with E-state index in [1.165, 1.54) is 0 Å². The number of nitrogens with one attached hydrogen (secondary N) is 1. The number of halogens is 1. The number of sulfone groups is 1. The third-order valence-electron chi connectivity index (χ3n) is 1.67. The van der Waals surface area contributed by atoms with Crippen molar-refractivity contribution in [3.05, 3.63) is 32.1 Å². The summed E-state index contributed by atoms with van der Waals surface area (Å²) >= 11 is 5.48. The fourth-order valence-corrected chi connectivity index (χ4v) is 1.61. The summed E-state index contributed by atoms with van der Waals surface area (Å²) in [5.74, 6) is -0.185. The largest absolute Gasteiger partial charge is 0.328 e. The molecule has 0 fully saturated rings. The molecule has 0 saturated heterocycles. The first kappa shape index (κ1) is 12.0. The first-order chi connectivity index (χ1) is 6.79. The van der Waals surface area contributed by atoms with Crippen molar-refractivity contribution in [2.24, 2.45) is 0 Å². The summed E-state index contributed by atoms with van der Waals surface area (Å²) < 4.78 is 22.7. The SMILES string of the molecule is CS(=O)(=O)CCn1cc(Cl)c(=O)[nH]c1=O. The lowest BCUT2D eigenvalue weighted by Crippen LogP contribution is -2.31. The third kappa shape index (κ3) is 3.52. The molecule has 6 nitrogen and oxygen atoms in total. The first-order valence-electron chi connectivity index (χ1n) is 3.96. The summed E-state index contributed by atoms with van der Waals surface area (Å²) in [6.07, 6.45) is 2.18. The maximum absolute atomic E-state index is 11.2. The van der Waals surface area contributed by atoms with Crippen LogP contribution in [0.2, 0.25) is 5.02 Å². The molecule has 0 unspecified atom stereocenters. The number of hydrogen-bond donors (Lipinski definition) is 1. The molecule has 84 valence electrons. The highest BCUT2D eigenvalue weighted by Gasteiger charge is 2.06. The van der Waals surface area contributed by atoms with E-state index >= 15 is 0 Å². The smallest absolute Gasteiger partial charge is 0.298 e. The van der Waals surface area contributed by atoms with E-state index in [9.17, 15) is 18.0 Å². The van der Waals surface area contributed by atoms with E-state index in [1.807, 2.05) is 4.98 Å². The summed E-state index contributed by atoms with van der Waals surface area (Å²) in [5.41, 5.74) is -1.36. The van der Waals surface area contributed by atoms with Crippen LogP contribution in [0.5, 0.6) is 0 Å². The quantitative estimate of drug-likeness (QED) is 0.765. The monoisotopic (exact) mass is 252 g/mol. The lowest BCUT2D eigenvalue weighted by Gasteiger charge is -2.03. The Morgan fingerprint density at radius 1 is 1.47 bits per heavy atom. The Morgan fingerprint density at radius 2 is 2.07 bits per heavy atom. The van der Waals surface area contributed by atoms with Crippen molar-refractivity contribution in [3.63, 3.8) is 0 Å². The number of hydrogen-bond acceptors (Lipinski definition) is 4. The molecule has 1 N–H and O–H groups in total. The zero-order chi connectivity index (χ0) is 11.6. The molecule has 0 spiro atoms. The average Bonchev–Trinajstić information content (AvgIpc) is 2.07. The van der Waals surface area contributed by atoms with Crippen molar-refractivity contribution in [1.29, 1.82) is 0 Å². The molecule has 0 aromatic carbocycles. The molecule has 0 bridgehead atoms. The standard InChI is InChI=1S/C7H9ClN2O4S/c1-15(13,14)3-2-10-4-5(8)6(11)9-7(10)12/h4H,2-3H2,1H3,(H,9,11,12). The van der Waals surface area contributed by atoms with Crippen molar-refractivity contribution in [2.45, 2.75) is 6.54 Å². The van der Waals surface area contributed by atoms with Gasteiger partial charge < -0.3 is 0 Å². The van der Waals surface area contributed by atoms with Crippen LogP contribution >= 0.6 is 11.6 Å². The molecule has 0 saturated carbocycles. The lowest BCUT2D eigenvalue weighted by atomic mass is 10.6. The van der Waals surface area contributed by atoms with Gasteiger partial charge in [0.15, 0.2) is 0 Å². The fourth-order valence-electron chi connectivity index (χ4n) is 0.913. The van der Waals surface area contributed by atoms with Crippen LogP contribution in [0.25, 0.3) is 0 Å². The third-order valence-corrected chi connectivity index (χ3v) is 2.86. The second-order valence-corrected chi connectivity index (χ2v) is 5.73. The van der Waals surface area contributed by atoms with Gasteiger partial charge in [0.25, 0.3) is 5.56 Å². The van der Waals surface area contributed by atoms with Crippen LogP contribution in [0.4, 0.5) is 0 Å². The Bertz CT molecular complexity index is 571. The molecule has 1 aromatic heterocycles. The van der Waals surface area contributed by atoms with Crippen LogP contribution in [0.1, 0.15) is 0 Å². The Morgan fingerprint density at radius 3 is 2.60 bits per heavy atom. The predicted octanol–water partition coefficient (Wildman–Crippen LogP) is -0.765. The second-order valence-electron chi connectivity index (χ2n) is 3.06. The number of H-pyrrole nitrogens is 1. The summed E-state index contributed by atoms with van der Waals surface area (Å²) in [4.78, 5) is 24.0. The molecule has 1 aromatic rings. The van der Waals surface area contributed by atoms with Gasteiger partial charge in [-0.3, -0.25) is 14.3 Å². The van der Waals surface area contributed by atoms with Crippen LogP contribution in [0.3, 0.4) is 0 Å². The molecular weight excluding hydrogens is 244 g/mol. The number of aromatic amines is 1. The van der Waals surface area contributed by atoms with Gasteiger partial charge >= 0.3 is 5.69 Å². The molecule has 1 heterocycles. The molecule has 0 atom stereocenters. The minimum Gasteiger partial charge on any atom is -0.298 e. The highest BCUT2D eigenvalue weighted by atomic mass is 35.5. The summed E-state index contributed by atoms with van der Waals surface area (Å²) in [6.45, 7) is -0.0336. The van der Waals surface area contributed by atoms with E-state index < -0.39 is 21.1 Å². The number of aromatic nitrogens is 2. The second kappa shape index (κ2) is 4.19. The van der Waals surface area contributed by atoms with Crippen molar-refractivity contribution in [3.8, 4) is 0 Å².